The van der Waals surface area contributed by atoms with Crippen LogP contribution in [0.5, 0.6) is 0 Å². The van der Waals surface area contributed by atoms with Crippen LogP contribution in [0.15, 0.2) is 36.5 Å². The second-order valence-electron chi connectivity index (χ2n) is 3.86. The fourth-order valence-corrected chi connectivity index (χ4v) is 1.83. The zero-order chi connectivity index (χ0) is 13.1. The summed E-state index contributed by atoms with van der Waals surface area (Å²) in [5, 5.41) is 3.27. The number of halogens is 1. The molecule has 1 amide bonds. The number of nitrogens with one attached hydrogen (secondary N) is 1. The number of pyridine rings is 1. The van der Waals surface area contributed by atoms with E-state index >= 15 is 0 Å². The summed E-state index contributed by atoms with van der Waals surface area (Å²) in [6, 6.07) is 8.55. The molecule has 0 atom stereocenters. The van der Waals surface area contributed by atoms with Gasteiger partial charge < -0.3 is 11.1 Å². The van der Waals surface area contributed by atoms with E-state index in [2.05, 4.69) is 10.3 Å². The predicted molar refractivity (Wildman–Crippen MR) is 72.8 cm³/mol. The third-order valence-corrected chi connectivity index (χ3v) is 2.82. The van der Waals surface area contributed by atoms with Gasteiger partial charge in [-0.25, -0.2) is 4.98 Å². The van der Waals surface area contributed by atoms with Gasteiger partial charge in [0.25, 0.3) is 5.91 Å². The van der Waals surface area contributed by atoms with Crippen LogP contribution in [0.25, 0.3) is 0 Å². The zero-order valence-electron chi connectivity index (χ0n) is 9.77. The van der Waals surface area contributed by atoms with Crippen LogP contribution < -0.4 is 11.1 Å². The minimum Gasteiger partial charge on any atom is -0.384 e. The van der Waals surface area contributed by atoms with Crippen molar-refractivity contribution in [3.8, 4) is 0 Å². The first-order valence-corrected chi connectivity index (χ1v) is 5.73. The number of hydrogen-bond donors (Lipinski definition) is 2. The molecule has 1 aromatic carbocycles. The number of aromatic nitrogens is 1. The Bertz CT molecular complexity index is 578. The lowest BCUT2D eigenvalue weighted by molar-refractivity contribution is 0.102. The van der Waals surface area contributed by atoms with Crippen LogP contribution in [0.1, 0.15) is 15.9 Å². The molecule has 0 aliphatic carbocycles. The van der Waals surface area contributed by atoms with Crippen LogP contribution in [0.2, 0.25) is 5.02 Å². The number of para-hydroxylation sites is 1. The van der Waals surface area contributed by atoms with Crippen molar-refractivity contribution in [3.05, 3.63) is 52.7 Å². The van der Waals surface area contributed by atoms with Crippen molar-refractivity contribution in [3.63, 3.8) is 0 Å². The molecule has 0 bridgehead atoms. The molecular weight excluding hydrogens is 250 g/mol. The number of hydrogen-bond acceptors (Lipinski definition) is 3. The van der Waals surface area contributed by atoms with Crippen molar-refractivity contribution >= 4 is 29.0 Å². The van der Waals surface area contributed by atoms with Gasteiger partial charge in [0.15, 0.2) is 0 Å². The minimum absolute atomic E-state index is 0.264. The van der Waals surface area contributed by atoms with Gasteiger partial charge in [-0.05, 0) is 30.7 Å². The minimum atomic E-state index is -0.264. The molecule has 0 aliphatic heterocycles. The number of amides is 1. The lowest BCUT2D eigenvalue weighted by Gasteiger charge is -2.10. The van der Waals surface area contributed by atoms with Gasteiger partial charge >= 0.3 is 0 Å². The average molecular weight is 262 g/mol. The van der Waals surface area contributed by atoms with Crippen molar-refractivity contribution in [1.29, 1.82) is 0 Å². The van der Waals surface area contributed by atoms with Crippen LogP contribution in [0, 0.1) is 6.92 Å². The average Bonchev–Trinajstić information content (AvgIpc) is 2.34. The van der Waals surface area contributed by atoms with E-state index in [1.54, 1.807) is 12.1 Å². The van der Waals surface area contributed by atoms with Crippen LogP contribution >= 0.6 is 11.6 Å². The molecule has 0 saturated heterocycles. The monoisotopic (exact) mass is 261 g/mol. The molecule has 0 aliphatic rings. The Morgan fingerprint density at radius 2 is 2.17 bits per heavy atom. The van der Waals surface area contributed by atoms with Crippen LogP contribution in [-0.4, -0.2) is 10.9 Å². The van der Waals surface area contributed by atoms with Gasteiger partial charge in [0, 0.05) is 11.8 Å². The number of nitrogen functional groups attached to an aromatic ring is 1. The molecule has 0 saturated carbocycles. The zero-order valence-corrected chi connectivity index (χ0v) is 10.5. The maximum absolute atomic E-state index is 12.0. The molecule has 1 aromatic heterocycles. The first-order valence-electron chi connectivity index (χ1n) is 5.36. The van der Waals surface area contributed by atoms with Crippen LogP contribution in [0.4, 0.5) is 11.5 Å². The second-order valence-corrected chi connectivity index (χ2v) is 4.26. The molecule has 0 radical (unpaired) electrons. The van der Waals surface area contributed by atoms with E-state index in [-0.39, 0.29) is 5.91 Å². The molecule has 1 heterocycles. The van der Waals surface area contributed by atoms with Gasteiger partial charge in [0.05, 0.1) is 10.7 Å². The van der Waals surface area contributed by atoms with E-state index in [9.17, 15) is 4.79 Å². The standard InChI is InChI=1S/C13H12ClN3O/c1-8-3-2-4-10(14)12(8)17-13(18)9-5-6-16-11(15)7-9/h2-7H,1H3,(H2,15,16)(H,17,18). The normalized spacial score (nSPS) is 10.1. The molecule has 2 aromatic rings. The number of nitrogens with two attached hydrogens (primary N) is 1. The molecule has 4 nitrogen and oxygen atoms in total. The number of carbonyl (C=O) groups is 1. The third kappa shape index (κ3) is 2.60. The van der Waals surface area contributed by atoms with E-state index < -0.39 is 0 Å². The fourth-order valence-electron chi connectivity index (χ4n) is 1.57. The Kier molecular flexibility index (Phi) is 3.48. The Hall–Kier alpha value is -2.07. The molecule has 0 spiro atoms. The van der Waals surface area contributed by atoms with Gasteiger partial charge in [-0.15, -0.1) is 0 Å². The molecule has 5 heteroatoms. The highest BCUT2D eigenvalue weighted by molar-refractivity contribution is 6.34. The molecule has 92 valence electrons. The lowest BCUT2D eigenvalue weighted by atomic mass is 10.2. The van der Waals surface area contributed by atoms with Gasteiger partial charge in [-0.1, -0.05) is 23.7 Å². The summed E-state index contributed by atoms with van der Waals surface area (Å²) in [5.41, 5.74) is 7.49. The van der Waals surface area contributed by atoms with Crippen LogP contribution in [-0.2, 0) is 0 Å². The van der Waals surface area contributed by atoms with E-state index in [1.807, 2.05) is 19.1 Å². The fraction of sp³-hybridized carbons (Fsp3) is 0.0769. The number of rotatable bonds is 2. The number of nitrogens with zero attached hydrogens (tertiary/aromatic N) is 1. The predicted octanol–water partition coefficient (Wildman–Crippen LogP) is 2.88. The van der Waals surface area contributed by atoms with Gasteiger partial charge in [0.1, 0.15) is 5.82 Å². The van der Waals surface area contributed by atoms with Crippen molar-refractivity contribution in [2.24, 2.45) is 0 Å². The quantitative estimate of drug-likeness (QED) is 0.873. The van der Waals surface area contributed by atoms with E-state index in [4.69, 9.17) is 17.3 Å². The first kappa shape index (κ1) is 12.4. The molecular formula is C13H12ClN3O. The van der Waals surface area contributed by atoms with E-state index in [0.717, 1.165) is 5.56 Å². The van der Waals surface area contributed by atoms with Crippen molar-refractivity contribution in [2.75, 3.05) is 11.1 Å². The Morgan fingerprint density at radius 3 is 2.83 bits per heavy atom. The summed E-state index contributed by atoms with van der Waals surface area (Å²) >= 11 is 6.04. The number of carbonyl (C=O) groups excluding carboxylic acids is 1. The molecule has 0 unspecified atom stereocenters. The van der Waals surface area contributed by atoms with Gasteiger partial charge in [0.2, 0.25) is 0 Å². The lowest BCUT2D eigenvalue weighted by Crippen LogP contribution is -2.13. The highest BCUT2D eigenvalue weighted by Gasteiger charge is 2.10. The van der Waals surface area contributed by atoms with Crippen molar-refractivity contribution in [1.82, 2.24) is 4.98 Å². The summed E-state index contributed by atoms with van der Waals surface area (Å²) in [4.78, 5) is 15.9. The summed E-state index contributed by atoms with van der Waals surface area (Å²) in [6.07, 6.45) is 1.49. The second kappa shape index (κ2) is 5.06. The topological polar surface area (TPSA) is 68.0 Å². The summed E-state index contributed by atoms with van der Waals surface area (Å²) in [6.45, 7) is 1.88. The van der Waals surface area contributed by atoms with Crippen molar-refractivity contribution < 1.29 is 4.79 Å². The molecule has 2 rings (SSSR count). The number of aryl methyl sites for hydroxylation is 1. The summed E-state index contributed by atoms with van der Waals surface area (Å²) < 4.78 is 0. The maximum atomic E-state index is 12.0. The first-order chi connectivity index (χ1) is 8.58. The highest BCUT2D eigenvalue weighted by atomic mass is 35.5. The molecule has 0 fully saturated rings. The summed E-state index contributed by atoms with van der Waals surface area (Å²) in [7, 11) is 0. The SMILES string of the molecule is Cc1cccc(Cl)c1NC(=O)c1ccnc(N)c1. The third-order valence-electron chi connectivity index (χ3n) is 2.50. The Morgan fingerprint density at radius 1 is 1.39 bits per heavy atom. The Balaban J connectivity index is 2.27. The summed E-state index contributed by atoms with van der Waals surface area (Å²) in [5.74, 6) is 0.0406. The Labute approximate surface area is 110 Å². The van der Waals surface area contributed by atoms with E-state index in [0.29, 0.717) is 22.1 Å². The highest BCUT2D eigenvalue weighted by Crippen LogP contribution is 2.25. The van der Waals surface area contributed by atoms with E-state index in [1.165, 1.54) is 12.3 Å². The smallest absolute Gasteiger partial charge is 0.255 e. The van der Waals surface area contributed by atoms with Crippen LogP contribution in [0.3, 0.4) is 0 Å². The largest absolute Gasteiger partial charge is 0.384 e. The molecule has 18 heavy (non-hydrogen) atoms. The van der Waals surface area contributed by atoms with Gasteiger partial charge in [-0.3, -0.25) is 4.79 Å². The number of benzene rings is 1. The van der Waals surface area contributed by atoms with Gasteiger partial charge in [-0.2, -0.15) is 0 Å². The molecule has 3 N–H and O–H groups in total. The number of anilines is 2. The van der Waals surface area contributed by atoms with Crippen molar-refractivity contribution in [2.45, 2.75) is 6.92 Å². The maximum Gasteiger partial charge on any atom is 0.255 e.